The topological polar surface area (TPSA) is 91.4 Å². The summed E-state index contributed by atoms with van der Waals surface area (Å²) in [7, 11) is 1.68. The largest absolute Gasteiger partial charge is 0.480 e. The fourth-order valence-electron chi connectivity index (χ4n) is 3.96. The van der Waals surface area contributed by atoms with Gasteiger partial charge < -0.3 is 14.6 Å². The first kappa shape index (κ1) is 22.3. The number of ether oxygens (including phenoxy) is 2. The lowest BCUT2D eigenvalue weighted by atomic mass is 10.0. The summed E-state index contributed by atoms with van der Waals surface area (Å²) >= 11 is 0. The number of aryl methyl sites for hydroxylation is 1. The minimum atomic E-state index is -2.95. The van der Waals surface area contributed by atoms with Gasteiger partial charge in [0.25, 0.3) is 11.6 Å². The number of aromatic hydroxyl groups is 1. The van der Waals surface area contributed by atoms with Crippen molar-refractivity contribution in [3.63, 3.8) is 0 Å². The molecule has 0 radical (unpaired) electrons. The molecular formula is C25H20F2N4O4. The highest BCUT2D eigenvalue weighted by atomic mass is 19.3. The van der Waals surface area contributed by atoms with Crippen LogP contribution in [0.2, 0.25) is 0 Å². The molecule has 0 aliphatic carbocycles. The van der Waals surface area contributed by atoms with Gasteiger partial charge in [-0.25, -0.2) is 0 Å². The zero-order chi connectivity index (χ0) is 24.7. The highest BCUT2D eigenvalue weighted by molar-refractivity contribution is 5.87. The average Bonchev–Trinajstić information content (AvgIpc) is 3.12. The number of hydrogen-bond acceptors (Lipinski definition) is 6. The van der Waals surface area contributed by atoms with Crippen LogP contribution in [0.5, 0.6) is 17.6 Å². The second-order valence-corrected chi connectivity index (χ2v) is 7.74. The molecular weight excluding hydrogens is 458 g/mol. The number of hydrogen-bond donors (Lipinski definition) is 1. The van der Waals surface area contributed by atoms with Crippen LogP contribution < -0.4 is 15.0 Å². The maximum Gasteiger partial charge on any atom is 0.387 e. The van der Waals surface area contributed by atoms with Crippen LogP contribution in [-0.2, 0) is 7.05 Å². The Labute approximate surface area is 197 Å². The standard InChI is InChI=1S/C25H20F2N4O4/c1-3-34-21-11-5-15-12-18(14-4-10-19-20(13-14)30(2)25(33)28-19)23(32)31(22(15)29-21)16-6-8-17(9-7-16)35-24(26)27/h4-13,24H,3H2,1-2H3,(H,28,33). The van der Waals surface area contributed by atoms with Crippen LogP contribution in [0.15, 0.2) is 65.5 Å². The molecule has 0 aliphatic rings. The lowest BCUT2D eigenvalue weighted by molar-refractivity contribution is -0.0498. The number of benzene rings is 2. The summed E-state index contributed by atoms with van der Waals surface area (Å²) in [6, 6.07) is 16.1. The smallest absolute Gasteiger partial charge is 0.387 e. The second kappa shape index (κ2) is 8.71. The van der Waals surface area contributed by atoms with Gasteiger partial charge in [0.15, 0.2) is 5.65 Å². The molecule has 3 heterocycles. The molecule has 2 aromatic carbocycles. The van der Waals surface area contributed by atoms with Crippen molar-refractivity contribution in [1.29, 1.82) is 0 Å². The Bertz CT molecular complexity index is 1610. The number of imidazole rings is 1. The van der Waals surface area contributed by atoms with E-state index in [9.17, 15) is 18.7 Å². The number of alkyl halides is 2. The molecule has 0 saturated carbocycles. The Morgan fingerprint density at radius 2 is 1.80 bits per heavy atom. The zero-order valence-corrected chi connectivity index (χ0v) is 18.8. The summed E-state index contributed by atoms with van der Waals surface area (Å²) in [4.78, 5) is 22.4. The van der Waals surface area contributed by atoms with Crippen LogP contribution >= 0.6 is 0 Å². The van der Waals surface area contributed by atoms with E-state index >= 15 is 0 Å². The molecule has 0 amide bonds. The van der Waals surface area contributed by atoms with Crippen molar-refractivity contribution in [2.24, 2.45) is 7.05 Å². The summed E-state index contributed by atoms with van der Waals surface area (Å²) < 4.78 is 38.1. The molecule has 0 unspecified atom stereocenters. The number of fused-ring (bicyclic) bond motifs is 2. The second-order valence-electron chi connectivity index (χ2n) is 7.74. The van der Waals surface area contributed by atoms with Gasteiger partial charge in [-0.1, -0.05) is 6.07 Å². The molecule has 5 rings (SSSR count). The summed E-state index contributed by atoms with van der Waals surface area (Å²) in [5.41, 5.74) is 2.66. The third kappa shape index (κ3) is 4.03. The first-order chi connectivity index (χ1) is 16.9. The van der Waals surface area contributed by atoms with Crippen LogP contribution in [0, 0.1) is 0 Å². The molecule has 5 aromatic rings. The molecule has 35 heavy (non-hydrogen) atoms. The van der Waals surface area contributed by atoms with Crippen molar-refractivity contribution in [2.45, 2.75) is 13.5 Å². The van der Waals surface area contributed by atoms with E-state index in [1.807, 2.05) is 6.92 Å². The molecule has 0 spiro atoms. The molecule has 10 heteroatoms. The van der Waals surface area contributed by atoms with E-state index in [2.05, 4.69) is 14.7 Å². The quantitative estimate of drug-likeness (QED) is 0.382. The minimum Gasteiger partial charge on any atom is -0.480 e. The van der Waals surface area contributed by atoms with Crippen molar-refractivity contribution in [2.75, 3.05) is 6.61 Å². The van der Waals surface area contributed by atoms with E-state index in [-0.39, 0.29) is 17.3 Å². The van der Waals surface area contributed by atoms with Crippen molar-refractivity contribution in [1.82, 2.24) is 19.1 Å². The van der Waals surface area contributed by atoms with Gasteiger partial charge in [0.2, 0.25) is 5.88 Å². The Balaban J connectivity index is 1.75. The lowest BCUT2D eigenvalue weighted by Crippen LogP contribution is -2.21. The SMILES string of the molecule is CCOc1ccc2cc(-c3ccc4nc(O)n(C)c4c3)c(=O)n(-c3ccc(OC(F)F)cc3)c2n1. The molecule has 3 aromatic heterocycles. The Morgan fingerprint density at radius 1 is 1.03 bits per heavy atom. The molecule has 0 aliphatic heterocycles. The lowest BCUT2D eigenvalue weighted by Gasteiger charge is -2.14. The molecule has 1 N–H and O–H groups in total. The molecule has 0 saturated heterocycles. The summed E-state index contributed by atoms with van der Waals surface area (Å²) in [5.74, 6) is 0.326. The number of rotatable bonds is 6. The van der Waals surface area contributed by atoms with Crippen LogP contribution in [0.4, 0.5) is 8.78 Å². The van der Waals surface area contributed by atoms with Crippen molar-refractivity contribution in [3.8, 4) is 34.5 Å². The maximum atomic E-state index is 13.8. The van der Waals surface area contributed by atoms with Crippen LogP contribution in [0.1, 0.15) is 6.92 Å². The highest BCUT2D eigenvalue weighted by Gasteiger charge is 2.17. The number of aromatic nitrogens is 4. The molecule has 0 atom stereocenters. The maximum absolute atomic E-state index is 13.8. The fourth-order valence-corrected chi connectivity index (χ4v) is 3.96. The van der Waals surface area contributed by atoms with E-state index in [4.69, 9.17) is 4.74 Å². The van der Waals surface area contributed by atoms with Crippen LogP contribution in [-0.4, -0.2) is 37.4 Å². The van der Waals surface area contributed by atoms with Crippen LogP contribution in [0.25, 0.3) is 38.9 Å². The number of halogens is 2. The van der Waals surface area contributed by atoms with Gasteiger partial charge in [0, 0.05) is 24.1 Å². The fraction of sp³-hybridized carbons (Fsp3) is 0.160. The van der Waals surface area contributed by atoms with E-state index in [0.29, 0.717) is 51.4 Å². The van der Waals surface area contributed by atoms with E-state index < -0.39 is 6.61 Å². The summed E-state index contributed by atoms with van der Waals surface area (Å²) in [6.45, 7) is -0.724. The van der Waals surface area contributed by atoms with Gasteiger partial charge in [-0.3, -0.25) is 13.9 Å². The van der Waals surface area contributed by atoms with Gasteiger partial charge in [0.05, 0.1) is 23.3 Å². The zero-order valence-electron chi connectivity index (χ0n) is 18.8. The number of nitrogens with zero attached hydrogens (tertiary/aromatic N) is 4. The Kier molecular flexibility index (Phi) is 5.56. The van der Waals surface area contributed by atoms with Gasteiger partial charge in [-0.2, -0.15) is 18.7 Å². The Hall–Kier alpha value is -4.47. The van der Waals surface area contributed by atoms with Crippen molar-refractivity contribution < 1.29 is 23.4 Å². The van der Waals surface area contributed by atoms with Crippen LogP contribution in [0.3, 0.4) is 0 Å². The van der Waals surface area contributed by atoms with E-state index in [1.54, 1.807) is 43.4 Å². The first-order valence-electron chi connectivity index (χ1n) is 10.8. The van der Waals surface area contributed by atoms with Gasteiger partial charge in [0.1, 0.15) is 5.75 Å². The van der Waals surface area contributed by atoms with Gasteiger partial charge in [-0.15, -0.1) is 0 Å². The van der Waals surface area contributed by atoms with Gasteiger partial charge in [-0.05, 0) is 61.0 Å². The first-order valence-corrected chi connectivity index (χ1v) is 10.8. The normalized spacial score (nSPS) is 11.5. The summed E-state index contributed by atoms with van der Waals surface area (Å²) in [5, 5.41) is 10.6. The molecule has 0 bridgehead atoms. The highest BCUT2D eigenvalue weighted by Crippen LogP contribution is 2.28. The number of pyridine rings is 2. The van der Waals surface area contributed by atoms with Crippen molar-refractivity contribution in [3.05, 3.63) is 71.0 Å². The molecule has 0 fully saturated rings. The predicted molar refractivity (Wildman–Crippen MR) is 127 cm³/mol. The third-order valence-electron chi connectivity index (χ3n) is 5.61. The monoisotopic (exact) mass is 478 g/mol. The third-order valence-corrected chi connectivity index (χ3v) is 5.61. The van der Waals surface area contributed by atoms with Crippen molar-refractivity contribution >= 4 is 22.1 Å². The molecule has 8 nitrogen and oxygen atoms in total. The Morgan fingerprint density at radius 3 is 2.51 bits per heavy atom. The van der Waals surface area contributed by atoms with Gasteiger partial charge >= 0.3 is 6.61 Å². The molecule has 178 valence electrons. The summed E-state index contributed by atoms with van der Waals surface area (Å²) in [6.07, 6.45) is 0. The minimum absolute atomic E-state index is 0.0262. The predicted octanol–water partition coefficient (Wildman–Crippen LogP) is 4.65. The average molecular weight is 478 g/mol. The van der Waals surface area contributed by atoms with E-state index in [1.165, 1.54) is 33.4 Å². The van der Waals surface area contributed by atoms with E-state index in [0.717, 1.165) is 0 Å².